The van der Waals surface area contributed by atoms with Crippen molar-refractivity contribution in [2.75, 3.05) is 6.79 Å². The number of fused-ring (bicyclic) bond motifs is 1. The summed E-state index contributed by atoms with van der Waals surface area (Å²) < 4.78 is 11.4. The summed E-state index contributed by atoms with van der Waals surface area (Å²) in [5, 5.41) is 0. The smallest absolute Gasteiger partial charge is 0.231 e. The molecule has 0 aromatic heterocycles. The quantitative estimate of drug-likeness (QED) is 0.606. The summed E-state index contributed by atoms with van der Waals surface area (Å²) >= 11 is 3.42. The second kappa shape index (κ2) is 3.53. The fraction of sp³-hybridized carbons (Fsp3) is 0.250. The zero-order valence-corrected chi connectivity index (χ0v) is 8.43. The van der Waals surface area contributed by atoms with Crippen molar-refractivity contribution in [1.82, 2.24) is 5.43 Å². The zero-order chi connectivity index (χ0) is 9.26. The first-order valence-corrected chi connectivity index (χ1v) is 4.62. The second-order valence-corrected chi connectivity index (χ2v) is 3.53. The molecule has 1 aliphatic rings. The molecule has 0 saturated heterocycles. The van der Waals surface area contributed by atoms with Gasteiger partial charge in [0.05, 0.1) is 0 Å². The van der Waals surface area contributed by atoms with E-state index in [1.165, 1.54) is 0 Å². The molecule has 3 N–H and O–H groups in total. The lowest BCUT2D eigenvalue weighted by Gasteiger charge is -2.04. The number of nitrogens with two attached hydrogens (primary N) is 1. The van der Waals surface area contributed by atoms with Gasteiger partial charge in [-0.25, -0.2) is 0 Å². The van der Waals surface area contributed by atoms with Gasteiger partial charge in [0.15, 0.2) is 11.5 Å². The Morgan fingerprint density at radius 3 is 2.77 bits per heavy atom. The van der Waals surface area contributed by atoms with Crippen LogP contribution in [0.25, 0.3) is 0 Å². The number of benzene rings is 1. The molecule has 2 rings (SSSR count). The Bertz CT molecular complexity index is 330. The van der Waals surface area contributed by atoms with E-state index in [1.54, 1.807) is 0 Å². The van der Waals surface area contributed by atoms with Crippen LogP contribution < -0.4 is 20.7 Å². The summed E-state index contributed by atoms with van der Waals surface area (Å²) in [7, 11) is 0. The maximum absolute atomic E-state index is 5.23. The van der Waals surface area contributed by atoms with Crippen molar-refractivity contribution in [3.63, 3.8) is 0 Å². The Kier molecular flexibility index (Phi) is 2.39. The van der Waals surface area contributed by atoms with Gasteiger partial charge in [0.2, 0.25) is 6.79 Å². The first-order valence-electron chi connectivity index (χ1n) is 3.83. The number of rotatable bonds is 2. The predicted molar refractivity (Wildman–Crippen MR) is 51.3 cm³/mol. The van der Waals surface area contributed by atoms with E-state index in [4.69, 9.17) is 15.3 Å². The number of hydrogen-bond acceptors (Lipinski definition) is 4. The van der Waals surface area contributed by atoms with Crippen molar-refractivity contribution in [3.05, 3.63) is 22.2 Å². The topological polar surface area (TPSA) is 56.5 Å². The lowest BCUT2D eigenvalue weighted by atomic mass is 10.2. The molecule has 0 aliphatic carbocycles. The van der Waals surface area contributed by atoms with Crippen LogP contribution in [-0.2, 0) is 6.54 Å². The van der Waals surface area contributed by atoms with Gasteiger partial charge in [0.1, 0.15) is 0 Å². The molecule has 1 aliphatic heterocycles. The molecule has 4 nitrogen and oxygen atoms in total. The number of nitrogens with one attached hydrogen (secondary N) is 1. The first-order chi connectivity index (χ1) is 6.31. The minimum absolute atomic E-state index is 0.293. The van der Waals surface area contributed by atoms with Gasteiger partial charge in [-0.3, -0.25) is 11.3 Å². The van der Waals surface area contributed by atoms with Crippen molar-refractivity contribution in [2.45, 2.75) is 6.54 Å². The summed E-state index contributed by atoms with van der Waals surface area (Å²) in [5.74, 6) is 6.77. The summed E-state index contributed by atoms with van der Waals surface area (Å²) in [5.41, 5.74) is 3.64. The Morgan fingerprint density at radius 1 is 1.38 bits per heavy atom. The van der Waals surface area contributed by atoms with Gasteiger partial charge >= 0.3 is 0 Å². The summed E-state index contributed by atoms with van der Waals surface area (Å²) in [6.45, 7) is 0.887. The summed E-state index contributed by atoms with van der Waals surface area (Å²) in [6.07, 6.45) is 0. The number of hydrogen-bond donors (Lipinski definition) is 2. The van der Waals surface area contributed by atoms with E-state index < -0.39 is 0 Å². The van der Waals surface area contributed by atoms with Crippen molar-refractivity contribution in [2.24, 2.45) is 5.84 Å². The van der Waals surface area contributed by atoms with Crippen molar-refractivity contribution < 1.29 is 9.47 Å². The third-order valence-corrected chi connectivity index (χ3v) is 2.57. The zero-order valence-electron chi connectivity index (χ0n) is 6.84. The van der Waals surface area contributed by atoms with Gasteiger partial charge < -0.3 is 9.47 Å². The lowest BCUT2D eigenvalue weighted by Crippen LogP contribution is -2.20. The van der Waals surface area contributed by atoms with Gasteiger partial charge in [0.25, 0.3) is 0 Å². The summed E-state index contributed by atoms with van der Waals surface area (Å²) in [4.78, 5) is 0. The highest BCUT2D eigenvalue weighted by molar-refractivity contribution is 9.10. The molecule has 1 heterocycles. The van der Waals surface area contributed by atoms with Crippen LogP contribution in [0.5, 0.6) is 11.5 Å². The Morgan fingerprint density at radius 2 is 2.08 bits per heavy atom. The van der Waals surface area contributed by atoms with E-state index in [9.17, 15) is 0 Å². The normalized spacial score (nSPS) is 13.4. The molecule has 0 saturated carbocycles. The van der Waals surface area contributed by atoms with Gasteiger partial charge in [-0.2, -0.15) is 0 Å². The van der Waals surface area contributed by atoms with Crippen molar-refractivity contribution >= 4 is 15.9 Å². The molecule has 0 fully saturated rings. The minimum Gasteiger partial charge on any atom is -0.454 e. The fourth-order valence-electron chi connectivity index (χ4n) is 1.20. The highest BCUT2D eigenvalue weighted by Gasteiger charge is 2.15. The van der Waals surface area contributed by atoms with Crippen LogP contribution in [-0.4, -0.2) is 6.79 Å². The van der Waals surface area contributed by atoms with Gasteiger partial charge in [-0.15, -0.1) is 0 Å². The molecule has 0 amide bonds. The standard InChI is InChI=1S/C8H9BrN2O2/c9-6-2-8-7(12-4-13-8)1-5(6)3-11-10/h1-2,11H,3-4,10H2. The Hall–Kier alpha value is -0.780. The Balaban J connectivity index is 2.37. The molecule has 1 aromatic carbocycles. The molecule has 1 aromatic rings. The highest BCUT2D eigenvalue weighted by Crippen LogP contribution is 2.36. The number of halogens is 1. The molecular formula is C8H9BrN2O2. The molecule has 13 heavy (non-hydrogen) atoms. The van der Waals surface area contributed by atoms with Crippen LogP contribution in [0.15, 0.2) is 16.6 Å². The molecule has 0 radical (unpaired) electrons. The molecular weight excluding hydrogens is 236 g/mol. The van der Waals surface area contributed by atoms with E-state index in [-0.39, 0.29) is 0 Å². The monoisotopic (exact) mass is 244 g/mol. The van der Waals surface area contributed by atoms with Gasteiger partial charge in [-0.1, -0.05) is 15.9 Å². The van der Waals surface area contributed by atoms with Crippen LogP contribution in [0, 0.1) is 0 Å². The van der Waals surface area contributed by atoms with Crippen LogP contribution in [0.2, 0.25) is 0 Å². The van der Waals surface area contributed by atoms with Crippen LogP contribution >= 0.6 is 15.9 Å². The van der Waals surface area contributed by atoms with Crippen LogP contribution in [0.1, 0.15) is 5.56 Å². The molecule has 0 spiro atoms. The van der Waals surface area contributed by atoms with Gasteiger partial charge in [-0.05, 0) is 17.7 Å². The van der Waals surface area contributed by atoms with E-state index in [2.05, 4.69) is 21.4 Å². The molecule has 0 unspecified atom stereocenters. The van der Waals surface area contributed by atoms with Crippen molar-refractivity contribution in [1.29, 1.82) is 0 Å². The third-order valence-electron chi connectivity index (χ3n) is 1.83. The average molecular weight is 245 g/mol. The third kappa shape index (κ3) is 1.63. The maximum atomic E-state index is 5.23. The largest absolute Gasteiger partial charge is 0.454 e. The number of hydrazine groups is 1. The molecule has 0 atom stereocenters. The molecule has 0 bridgehead atoms. The maximum Gasteiger partial charge on any atom is 0.231 e. The lowest BCUT2D eigenvalue weighted by molar-refractivity contribution is 0.174. The number of ether oxygens (including phenoxy) is 2. The van der Waals surface area contributed by atoms with E-state index in [0.717, 1.165) is 21.5 Å². The van der Waals surface area contributed by atoms with E-state index in [0.29, 0.717) is 13.3 Å². The second-order valence-electron chi connectivity index (χ2n) is 2.68. The van der Waals surface area contributed by atoms with E-state index in [1.807, 2.05) is 12.1 Å². The van der Waals surface area contributed by atoms with Crippen LogP contribution in [0.4, 0.5) is 0 Å². The first kappa shape index (κ1) is 8.80. The van der Waals surface area contributed by atoms with Crippen LogP contribution in [0.3, 0.4) is 0 Å². The highest BCUT2D eigenvalue weighted by atomic mass is 79.9. The van der Waals surface area contributed by atoms with Crippen molar-refractivity contribution in [3.8, 4) is 11.5 Å². The summed E-state index contributed by atoms with van der Waals surface area (Å²) in [6, 6.07) is 3.79. The molecule has 70 valence electrons. The predicted octanol–water partition coefficient (Wildman–Crippen LogP) is 1.14. The van der Waals surface area contributed by atoms with Gasteiger partial charge in [0, 0.05) is 11.0 Å². The Labute approximate surface area is 84.1 Å². The van der Waals surface area contributed by atoms with E-state index >= 15 is 0 Å². The minimum atomic E-state index is 0.293. The fourth-order valence-corrected chi connectivity index (χ4v) is 1.67. The molecule has 5 heteroatoms. The SMILES string of the molecule is NNCc1cc2c(cc1Br)OCO2. The average Bonchev–Trinajstić information content (AvgIpc) is 2.52.